The van der Waals surface area contributed by atoms with Gasteiger partial charge in [-0.1, -0.05) is 31.4 Å². The molecule has 0 unspecified atom stereocenters. The number of carbonyl (C=O) groups excluding carboxylic acids is 2. The fourth-order valence-corrected chi connectivity index (χ4v) is 1.30. The van der Waals surface area contributed by atoms with Gasteiger partial charge in [0.1, 0.15) is 17.9 Å². The zero-order valence-corrected chi connectivity index (χ0v) is 10.1. The van der Waals surface area contributed by atoms with Gasteiger partial charge in [-0.3, -0.25) is 0 Å². The Morgan fingerprint density at radius 2 is 2.06 bits per heavy atom. The van der Waals surface area contributed by atoms with Crippen LogP contribution in [0.2, 0.25) is 0 Å². The second-order valence-corrected chi connectivity index (χ2v) is 3.46. The van der Waals surface area contributed by atoms with E-state index >= 15 is 0 Å². The van der Waals surface area contributed by atoms with Crippen LogP contribution in [0.1, 0.15) is 15.9 Å². The maximum absolute atomic E-state index is 11.8. The van der Waals surface area contributed by atoms with Crippen molar-refractivity contribution >= 4 is 11.9 Å². The van der Waals surface area contributed by atoms with Gasteiger partial charge in [-0.2, -0.15) is 0 Å². The lowest BCUT2D eigenvalue weighted by molar-refractivity contribution is -0.129. The van der Waals surface area contributed by atoms with Crippen LogP contribution >= 0.6 is 0 Å². The van der Waals surface area contributed by atoms with Crippen LogP contribution in [0.15, 0.2) is 43.5 Å². The van der Waals surface area contributed by atoms with Crippen LogP contribution in [-0.2, 0) is 9.53 Å². The van der Waals surface area contributed by atoms with Gasteiger partial charge in [-0.15, -0.1) is 0 Å². The molecule has 0 aliphatic rings. The topological polar surface area (TPSA) is 52.6 Å². The smallest absolute Gasteiger partial charge is 0.342 e. The number of benzene rings is 1. The fourth-order valence-electron chi connectivity index (χ4n) is 1.30. The van der Waals surface area contributed by atoms with Gasteiger partial charge in [0, 0.05) is 6.08 Å². The Balaban J connectivity index is 3.06. The van der Waals surface area contributed by atoms with E-state index in [4.69, 9.17) is 9.47 Å². The van der Waals surface area contributed by atoms with Gasteiger partial charge in [-0.05, 0) is 18.6 Å². The van der Waals surface area contributed by atoms with E-state index < -0.39 is 11.9 Å². The van der Waals surface area contributed by atoms with Crippen molar-refractivity contribution in [2.75, 3.05) is 6.61 Å². The summed E-state index contributed by atoms with van der Waals surface area (Å²) in [4.78, 5) is 23.0. The monoisotopic (exact) mass is 246 g/mol. The van der Waals surface area contributed by atoms with Crippen molar-refractivity contribution in [3.63, 3.8) is 0 Å². The molecule has 0 fully saturated rings. The van der Waals surface area contributed by atoms with E-state index in [1.165, 1.54) is 12.1 Å². The van der Waals surface area contributed by atoms with Crippen molar-refractivity contribution < 1.29 is 19.1 Å². The Morgan fingerprint density at radius 3 is 2.67 bits per heavy atom. The van der Waals surface area contributed by atoms with Crippen LogP contribution in [0.3, 0.4) is 0 Å². The molecule has 1 rings (SSSR count). The average molecular weight is 246 g/mol. The summed E-state index contributed by atoms with van der Waals surface area (Å²) in [6.45, 7) is 8.59. The molecule has 0 aliphatic heterocycles. The SMILES string of the molecule is C=CCOC(=O)c1cccc(C)c1OC(=O)C=C. The Morgan fingerprint density at radius 1 is 1.33 bits per heavy atom. The summed E-state index contributed by atoms with van der Waals surface area (Å²) in [5.41, 5.74) is 0.866. The molecule has 0 spiro atoms. The van der Waals surface area contributed by atoms with E-state index in [1.807, 2.05) is 0 Å². The quantitative estimate of drug-likeness (QED) is 0.346. The zero-order chi connectivity index (χ0) is 13.5. The molecule has 0 aromatic heterocycles. The summed E-state index contributed by atoms with van der Waals surface area (Å²) < 4.78 is 9.96. The van der Waals surface area contributed by atoms with Gasteiger partial charge in [0.2, 0.25) is 0 Å². The van der Waals surface area contributed by atoms with Crippen molar-refractivity contribution in [3.8, 4) is 5.75 Å². The van der Waals surface area contributed by atoms with Crippen molar-refractivity contribution in [3.05, 3.63) is 54.6 Å². The van der Waals surface area contributed by atoms with Crippen molar-refractivity contribution in [2.24, 2.45) is 0 Å². The van der Waals surface area contributed by atoms with Crippen molar-refractivity contribution in [1.82, 2.24) is 0 Å². The number of aryl methyl sites for hydroxylation is 1. The molecule has 0 atom stereocenters. The summed E-state index contributed by atoms with van der Waals surface area (Å²) in [6.07, 6.45) is 2.49. The third-order valence-electron chi connectivity index (χ3n) is 2.13. The van der Waals surface area contributed by atoms with E-state index in [0.29, 0.717) is 5.56 Å². The molecular weight excluding hydrogens is 232 g/mol. The number of esters is 2. The Kier molecular flexibility index (Phi) is 4.87. The van der Waals surface area contributed by atoms with Crippen molar-refractivity contribution in [1.29, 1.82) is 0 Å². The molecule has 18 heavy (non-hydrogen) atoms. The van der Waals surface area contributed by atoms with Crippen LogP contribution < -0.4 is 4.74 Å². The summed E-state index contributed by atoms with van der Waals surface area (Å²) in [5.74, 6) is -0.996. The van der Waals surface area contributed by atoms with Gasteiger partial charge < -0.3 is 9.47 Å². The van der Waals surface area contributed by atoms with Crippen LogP contribution in [0.4, 0.5) is 0 Å². The van der Waals surface area contributed by atoms with Crippen LogP contribution in [-0.4, -0.2) is 18.5 Å². The second kappa shape index (κ2) is 6.39. The molecular formula is C14H14O4. The lowest BCUT2D eigenvalue weighted by Gasteiger charge is -2.10. The number of carbonyl (C=O) groups is 2. The lowest BCUT2D eigenvalue weighted by atomic mass is 10.1. The minimum atomic E-state index is -0.623. The number of hydrogen-bond donors (Lipinski definition) is 0. The Labute approximate surface area is 106 Å². The normalized spacial score (nSPS) is 9.39. The minimum absolute atomic E-state index is 0.0988. The molecule has 0 heterocycles. The molecule has 0 bridgehead atoms. The molecule has 0 amide bonds. The molecule has 0 radical (unpaired) electrons. The van der Waals surface area contributed by atoms with Gasteiger partial charge in [0.25, 0.3) is 0 Å². The third kappa shape index (κ3) is 3.31. The Hall–Kier alpha value is -2.36. The number of ether oxygens (including phenoxy) is 2. The first-order valence-electron chi connectivity index (χ1n) is 5.32. The van der Waals surface area contributed by atoms with Crippen LogP contribution in [0.25, 0.3) is 0 Å². The number of para-hydroxylation sites is 1. The first-order chi connectivity index (χ1) is 8.60. The van der Waals surface area contributed by atoms with Gasteiger partial charge in [0.05, 0.1) is 0 Å². The molecule has 1 aromatic rings. The first-order valence-corrected chi connectivity index (χ1v) is 5.32. The van der Waals surface area contributed by atoms with Gasteiger partial charge >= 0.3 is 11.9 Å². The highest BCUT2D eigenvalue weighted by molar-refractivity contribution is 5.95. The minimum Gasteiger partial charge on any atom is -0.458 e. The largest absolute Gasteiger partial charge is 0.458 e. The zero-order valence-electron chi connectivity index (χ0n) is 10.1. The highest BCUT2D eigenvalue weighted by Gasteiger charge is 2.17. The van der Waals surface area contributed by atoms with Gasteiger partial charge in [0.15, 0.2) is 0 Å². The highest BCUT2D eigenvalue weighted by Crippen LogP contribution is 2.24. The van der Waals surface area contributed by atoms with Crippen molar-refractivity contribution in [2.45, 2.75) is 6.92 Å². The average Bonchev–Trinajstić information content (AvgIpc) is 2.38. The molecule has 4 nitrogen and oxygen atoms in total. The maximum atomic E-state index is 11.8. The van der Waals surface area contributed by atoms with Gasteiger partial charge in [-0.25, -0.2) is 9.59 Å². The third-order valence-corrected chi connectivity index (χ3v) is 2.13. The van der Waals surface area contributed by atoms with E-state index in [-0.39, 0.29) is 17.9 Å². The molecule has 0 saturated heterocycles. The highest BCUT2D eigenvalue weighted by atomic mass is 16.5. The fraction of sp³-hybridized carbons (Fsp3) is 0.143. The molecule has 4 heteroatoms. The van der Waals surface area contributed by atoms with E-state index in [0.717, 1.165) is 6.08 Å². The van der Waals surface area contributed by atoms with Crippen LogP contribution in [0, 0.1) is 6.92 Å². The van der Waals surface area contributed by atoms with Crippen LogP contribution in [0.5, 0.6) is 5.75 Å². The standard InChI is InChI=1S/C14H14O4/c1-4-9-17-14(16)11-8-6-7-10(3)13(11)18-12(15)5-2/h4-8H,1-2,9H2,3H3. The molecule has 0 aliphatic carbocycles. The number of hydrogen-bond acceptors (Lipinski definition) is 4. The van der Waals surface area contributed by atoms with E-state index in [2.05, 4.69) is 13.2 Å². The summed E-state index contributed by atoms with van der Waals surface area (Å²) in [6, 6.07) is 4.95. The Bertz CT molecular complexity index is 489. The van der Waals surface area contributed by atoms with E-state index in [1.54, 1.807) is 19.1 Å². The summed E-state index contributed by atoms with van der Waals surface area (Å²) >= 11 is 0. The predicted octanol–water partition coefficient (Wildman–Crippen LogP) is 2.43. The molecule has 0 saturated carbocycles. The molecule has 0 N–H and O–H groups in total. The molecule has 94 valence electrons. The molecule has 1 aromatic carbocycles. The summed E-state index contributed by atoms with van der Waals surface area (Å²) in [7, 11) is 0. The number of rotatable bonds is 5. The lowest BCUT2D eigenvalue weighted by Crippen LogP contribution is -2.12. The maximum Gasteiger partial charge on any atom is 0.342 e. The first kappa shape index (κ1) is 13.7. The van der Waals surface area contributed by atoms with E-state index in [9.17, 15) is 9.59 Å². The predicted molar refractivity (Wildman–Crippen MR) is 67.5 cm³/mol. The summed E-state index contributed by atoms with van der Waals surface area (Å²) in [5, 5.41) is 0. The second-order valence-electron chi connectivity index (χ2n) is 3.46.